The largest absolute Gasteiger partial charge is 0.324 e. The Kier molecular flexibility index (Phi) is 4.39. The molecule has 1 fully saturated rings. The van der Waals surface area contributed by atoms with Crippen LogP contribution in [0.2, 0.25) is 0 Å². The maximum atomic E-state index is 12.1. The highest BCUT2D eigenvalue weighted by Crippen LogP contribution is 2.22. The summed E-state index contributed by atoms with van der Waals surface area (Å²) in [6, 6.07) is 5.79. The van der Waals surface area contributed by atoms with Crippen molar-refractivity contribution in [3.05, 3.63) is 24.4 Å². The molecule has 102 valence electrons. The van der Waals surface area contributed by atoms with Crippen molar-refractivity contribution in [1.29, 1.82) is 0 Å². The Morgan fingerprint density at radius 1 is 1.42 bits per heavy atom. The first-order valence-electron chi connectivity index (χ1n) is 6.28. The van der Waals surface area contributed by atoms with Gasteiger partial charge in [-0.2, -0.15) is 5.10 Å². The van der Waals surface area contributed by atoms with Gasteiger partial charge in [-0.15, -0.1) is 12.4 Å². The molecule has 0 unspecified atom stereocenters. The Hall–Kier alpha value is -1.59. The predicted molar refractivity (Wildman–Crippen MR) is 77.6 cm³/mol. The average molecular weight is 281 g/mol. The number of nitrogens with one attached hydrogen (secondary N) is 3. The molecule has 1 aliphatic rings. The normalized spacial score (nSPS) is 18.8. The predicted octanol–water partition coefficient (Wildman–Crippen LogP) is 1.92. The monoisotopic (exact) mass is 280 g/mol. The second-order valence-corrected chi connectivity index (χ2v) is 4.67. The second-order valence-electron chi connectivity index (χ2n) is 4.67. The third kappa shape index (κ3) is 2.88. The summed E-state index contributed by atoms with van der Waals surface area (Å²) in [4.78, 5) is 12.1. The lowest BCUT2D eigenvalue weighted by atomic mass is 9.99. The fourth-order valence-electron chi connectivity index (χ4n) is 2.38. The first-order chi connectivity index (χ1) is 8.84. The van der Waals surface area contributed by atoms with Crippen LogP contribution < -0.4 is 10.6 Å². The standard InChI is InChI=1S/C13H16N4O.ClH/c18-13(10-4-2-6-14-7-10)16-11-5-1-3-9-8-15-17-12(9)11;/h1,3,5,8,10,14H,2,4,6-7H2,(H,15,17)(H,16,18);1H/t10-;/m1./s1. The molecule has 1 aromatic heterocycles. The minimum absolute atomic E-state index is 0. The molecule has 2 aromatic rings. The number of nitrogens with zero attached hydrogens (tertiary/aromatic N) is 1. The van der Waals surface area contributed by atoms with E-state index in [1.807, 2.05) is 18.2 Å². The molecule has 1 saturated heterocycles. The van der Waals surface area contributed by atoms with Crippen molar-refractivity contribution in [2.45, 2.75) is 12.8 Å². The molecule has 0 bridgehead atoms. The Labute approximate surface area is 117 Å². The van der Waals surface area contributed by atoms with Gasteiger partial charge in [-0.05, 0) is 25.5 Å². The molecule has 5 nitrogen and oxygen atoms in total. The first-order valence-corrected chi connectivity index (χ1v) is 6.28. The number of aromatic nitrogens is 2. The van der Waals surface area contributed by atoms with Crippen LogP contribution in [0.3, 0.4) is 0 Å². The highest BCUT2D eigenvalue weighted by molar-refractivity contribution is 6.01. The van der Waals surface area contributed by atoms with Crippen molar-refractivity contribution < 1.29 is 4.79 Å². The average Bonchev–Trinajstić information content (AvgIpc) is 2.89. The molecule has 6 heteroatoms. The molecule has 0 radical (unpaired) electrons. The molecule has 0 aliphatic carbocycles. The molecule has 0 spiro atoms. The maximum Gasteiger partial charge on any atom is 0.228 e. The molecule has 1 aromatic carbocycles. The van der Waals surface area contributed by atoms with Crippen LogP contribution in [0.5, 0.6) is 0 Å². The van der Waals surface area contributed by atoms with E-state index in [-0.39, 0.29) is 24.2 Å². The van der Waals surface area contributed by atoms with E-state index >= 15 is 0 Å². The number of piperidine rings is 1. The van der Waals surface area contributed by atoms with Gasteiger partial charge in [0.25, 0.3) is 0 Å². The Bertz CT molecular complexity index is 563. The van der Waals surface area contributed by atoms with E-state index in [0.29, 0.717) is 0 Å². The zero-order chi connectivity index (χ0) is 12.4. The SMILES string of the molecule is Cl.O=C(Nc1cccc2cn[nH]c12)[C@@H]1CCCNC1. The molecule has 0 saturated carbocycles. The molecule has 1 atom stereocenters. The number of carbonyl (C=O) groups excluding carboxylic acids is 1. The third-order valence-electron chi connectivity index (χ3n) is 3.40. The van der Waals surface area contributed by atoms with Crippen LogP contribution >= 0.6 is 12.4 Å². The Morgan fingerprint density at radius 3 is 3.11 bits per heavy atom. The summed E-state index contributed by atoms with van der Waals surface area (Å²) in [6.45, 7) is 1.78. The summed E-state index contributed by atoms with van der Waals surface area (Å²) >= 11 is 0. The minimum Gasteiger partial charge on any atom is -0.324 e. The van der Waals surface area contributed by atoms with Crippen molar-refractivity contribution in [2.75, 3.05) is 18.4 Å². The van der Waals surface area contributed by atoms with E-state index in [0.717, 1.165) is 42.5 Å². The fourth-order valence-corrected chi connectivity index (χ4v) is 2.38. The summed E-state index contributed by atoms with van der Waals surface area (Å²) in [5.74, 6) is 0.154. The quantitative estimate of drug-likeness (QED) is 0.787. The summed E-state index contributed by atoms with van der Waals surface area (Å²) in [5, 5.41) is 14.2. The van der Waals surface area contributed by atoms with E-state index in [9.17, 15) is 4.79 Å². The molecule has 2 heterocycles. The lowest BCUT2D eigenvalue weighted by Gasteiger charge is -2.21. The number of aromatic amines is 1. The van der Waals surface area contributed by atoms with E-state index < -0.39 is 0 Å². The molecule has 1 aliphatic heterocycles. The summed E-state index contributed by atoms with van der Waals surface area (Å²) < 4.78 is 0. The first kappa shape index (κ1) is 13.8. The van der Waals surface area contributed by atoms with Crippen LogP contribution in [0.4, 0.5) is 5.69 Å². The van der Waals surface area contributed by atoms with Gasteiger partial charge in [-0.25, -0.2) is 0 Å². The van der Waals surface area contributed by atoms with Crippen molar-refractivity contribution in [2.24, 2.45) is 5.92 Å². The van der Waals surface area contributed by atoms with Crippen LogP contribution in [-0.4, -0.2) is 29.2 Å². The molecular weight excluding hydrogens is 264 g/mol. The molecule has 1 amide bonds. The number of benzene rings is 1. The van der Waals surface area contributed by atoms with E-state index in [1.165, 1.54) is 0 Å². The maximum absolute atomic E-state index is 12.1. The lowest BCUT2D eigenvalue weighted by Crippen LogP contribution is -2.37. The molecular formula is C13H17ClN4O. The van der Waals surface area contributed by atoms with E-state index in [2.05, 4.69) is 20.8 Å². The number of hydrogen-bond acceptors (Lipinski definition) is 3. The summed E-state index contributed by atoms with van der Waals surface area (Å²) in [7, 11) is 0. The second kappa shape index (κ2) is 6.04. The van der Waals surface area contributed by atoms with Crippen molar-refractivity contribution >= 4 is 34.9 Å². The van der Waals surface area contributed by atoms with Gasteiger partial charge in [-0.1, -0.05) is 12.1 Å². The topological polar surface area (TPSA) is 69.8 Å². The number of fused-ring (bicyclic) bond motifs is 1. The van der Waals surface area contributed by atoms with Crippen LogP contribution in [0.15, 0.2) is 24.4 Å². The van der Waals surface area contributed by atoms with Gasteiger partial charge in [0.05, 0.1) is 23.3 Å². The van der Waals surface area contributed by atoms with Crippen LogP contribution in [0, 0.1) is 5.92 Å². The number of hydrogen-bond donors (Lipinski definition) is 3. The zero-order valence-electron chi connectivity index (χ0n) is 10.5. The number of amides is 1. The summed E-state index contributed by atoms with van der Waals surface area (Å²) in [6.07, 6.45) is 3.78. The van der Waals surface area contributed by atoms with Gasteiger partial charge in [0.2, 0.25) is 5.91 Å². The van der Waals surface area contributed by atoms with Gasteiger partial charge >= 0.3 is 0 Å². The van der Waals surface area contributed by atoms with E-state index in [4.69, 9.17) is 0 Å². The number of anilines is 1. The molecule has 3 N–H and O–H groups in total. The molecule has 3 rings (SSSR count). The van der Waals surface area contributed by atoms with Crippen LogP contribution in [0.1, 0.15) is 12.8 Å². The number of para-hydroxylation sites is 1. The Morgan fingerprint density at radius 2 is 2.32 bits per heavy atom. The number of rotatable bonds is 2. The van der Waals surface area contributed by atoms with E-state index in [1.54, 1.807) is 6.20 Å². The Balaban J connectivity index is 0.00000133. The van der Waals surface area contributed by atoms with Gasteiger partial charge in [0.1, 0.15) is 0 Å². The van der Waals surface area contributed by atoms with Gasteiger partial charge in [0, 0.05) is 11.9 Å². The van der Waals surface area contributed by atoms with Crippen molar-refractivity contribution in [3.63, 3.8) is 0 Å². The van der Waals surface area contributed by atoms with Crippen molar-refractivity contribution in [3.8, 4) is 0 Å². The fraction of sp³-hybridized carbons (Fsp3) is 0.385. The third-order valence-corrected chi connectivity index (χ3v) is 3.40. The lowest BCUT2D eigenvalue weighted by molar-refractivity contribution is -0.120. The van der Waals surface area contributed by atoms with Crippen molar-refractivity contribution in [1.82, 2.24) is 15.5 Å². The minimum atomic E-state index is 0. The van der Waals surface area contributed by atoms with Gasteiger partial charge in [-0.3, -0.25) is 9.89 Å². The number of halogens is 1. The van der Waals surface area contributed by atoms with Crippen LogP contribution in [-0.2, 0) is 4.79 Å². The highest BCUT2D eigenvalue weighted by Gasteiger charge is 2.21. The molecule has 19 heavy (non-hydrogen) atoms. The van der Waals surface area contributed by atoms with Crippen LogP contribution in [0.25, 0.3) is 10.9 Å². The highest BCUT2D eigenvalue weighted by atomic mass is 35.5. The van der Waals surface area contributed by atoms with Gasteiger partial charge < -0.3 is 10.6 Å². The smallest absolute Gasteiger partial charge is 0.228 e. The summed E-state index contributed by atoms with van der Waals surface area (Å²) in [5.41, 5.74) is 1.69. The zero-order valence-corrected chi connectivity index (χ0v) is 11.3. The number of H-pyrrole nitrogens is 1. The number of carbonyl (C=O) groups is 1. The van der Waals surface area contributed by atoms with Gasteiger partial charge in [0.15, 0.2) is 0 Å².